The van der Waals surface area contributed by atoms with Gasteiger partial charge in [0.25, 0.3) is 0 Å². The van der Waals surface area contributed by atoms with E-state index in [0.717, 1.165) is 12.8 Å². The monoisotopic (exact) mass is 654 g/mol. The second-order valence-electron chi connectivity index (χ2n) is 12.7. The highest BCUT2D eigenvalue weighted by molar-refractivity contribution is 5.98. The van der Waals surface area contributed by atoms with Crippen LogP contribution in [0.3, 0.4) is 0 Å². The Morgan fingerprint density at radius 1 is 0.609 bits per heavy atom. The number of carboxylic acid groups (broad SMARTS) is 2. The average Bonchev–Trinajstić information content (AvgIpc) is 3.47. The zero-order chi connectivity index (χ0) is 35.3. The van der Waals surface area contributed by atoms with Gasteiger partial charge in [-0.05, 0) is 37.0 Å². The van der Waals surface area contributed by atoms with E-state index < -0.39 is 96.4 Å². The van der Waals surface area contributed by atoms with Crippen molar-refractivity contribution in [3.8, 4) is 0 Å². The molecule has 0 unspecified atom stereocenters. The summed E-state index contributed by atoms with van der Waals surface area (Å²) in [4.78, 5) is 103. The summed E-state index contributed by atoms with van der Waals surface area (Å²) in [6, 6.07) is -6.82. The molecule has 0 bridgehead atoms. The summed E-state index contributed by atoms with van der Waals surface area (Å²) in [7, 11) is 0. The molecule has 1 fully saturated rings. The van der Waals surface area contributed by atoms with Gasteiger partial charge >= 0.3 is 11.9 Å². The van der Waals surface area contributed by atoms with Crippen molar-refractivity contribution in [1.29, 1.82) is 0 Å². The number of nitrogens with zero attached hydrogens (tertiary/aromatic N) is 1. The summed E-state index contributed by atoms with van der Waals surface area (Å²) in [5, 5.41) is 31.1. The van der Waals surface area contributed by atoms with Gasteiger partial charge < -0.3 is 41.7 Å². The topological polar surface area (TPSA) is 240 Å². The maximum atomic E-state index is 13.5. The van der Waals surface area contributed by atoms with Crippen LogP contribution in [-0.2, 0) is 38.4 Å². The lowest BCUT2D eigenvalue weighted by atomic mass is 9.99. The fourth-order valence-corrected chi connectivity index (χ4v) is 4.89. The maximum Gasteiger partial charge on any atom is 0.326 e. The normalized spacial score (nSPS) is 16.2. The van der Waals surface area contributed by atoms with Crippen LogP contribution in [0.1, 0.15) is 80.6 Å². The van der Waals surface area contributed by atoms with Crippen molar-refractivity contribution in [2.75, 3.05) is 13.1 Å². The number of amides is 6. The number of hydrogen-bond donors (Lipinski definition) is 7. The molecule has 0 aromatic carbocycles. The summed E-state index contributed by atoms with van der Waals surface area (Å²) in [6.07, 6.45) is 0.118. The maximum absolute atomic E-state index is 13.5. The van der Waals surface area contributed by atoms with Gasteiger partial charge in [-0.2, -0.15) is 0 Å². The Hall–Kier alpha value is -4.24. The summed E-state index contributed by atoms with van der Waals surface area (Å²) < 4.78 is 0. The molecule has 1 rings (SSSR count). The predicted octanol–water partition coefficient (Wildman–Crippen LogP) is -0.640. The minimum Gasteiger partial charge on any atom is -0.481 e. The summed E-state index contributed by atoms with van der Waals surface area (Å²) in [6.45, 7) is 12.3. The van der Waals surface area contributed by atoms with Gasteiger partial charge in [0.1, 0.15) is 30.2 Å². The minimum absolute atomic E-state index is 0.0414. The van der Waals surface area contributed by atoms with Gasteiger partial charge in [0.2, 0.25) is 35.4 Å². The number of hydrogen-bond acceptors (Lipinski definition) is 8. The van der Waals surface area contributed by atoms with Gasteiger partial charge in [-0.25, -0.2) is 4.79 Å². The van der Waals surface area contributed by atoms with Gasteiger partial charge in [-0.1, -0.05) is 41.5 Å². The summed E-state index contributed by atoms with van der Waals surface area (Å²) in [5.41, 5.74) is 0. The first kappa shape index (κ1) is 39.8. The molecular weight excluding hydrogens is 604 g/mol. The molecular formula is C30H50N6O10. The number of carbonyl (C=O) groups is 8. The Bertz CT molecular complexity index is 1140. The molecule has 1 aliphatic heterocycles. The smallest absolute Gasteiger partial charge is 0.326 e. The number of carboxylic acids is 2. The second-order valence-corrected chi connectivity index (χ2v) is 12.7. The van der Waals surface area contributed by atoms with Crippen molar-refractivity contribution in [1.82, 2.24) is 31.5 Å². The first-order valence-electron chi connectivity index (χ1n) is 15.5. The van der Waals surface area contributed by atoms with Crippen LogP contribution < -0.4 is 26.6 Å². The first-order chi connectivity index (χ1) is 21.3. The number of aliphatic carboxylic acids is 2. The molecule has 5 atom stereocenters. The Balaban J connectivity index is 3.30. The second kappa shape index (κ2) is 18.7. The van der Waals surface area contributed by atoms with Crippen LogP contribution in [0, 0.1) is 17.8 Å². The Morgan fingerprint density at radius 2 is 1.04 bits per heavy atom. The quantitative estimate of drug-likeness (QED) is 0.0986. The molecule has 0 saturated carbocycles. The lowest BCUT2D eigenvalue weighted by molar-refractivity contribution is -0.144. The van der Waals surface area contributed by atoms with Crippen molar-refractivity contribution in [3.63, 3.8) is 0 Å². The lowest BCUT2D eigenvalue weighted by Gasteiger charge is -2.29. The average molecular weight is 655 g/mol. The van der Waals surface area contributed by atoms with Crippen molar-refractivity contribution in [3.05, 3.63) is 0 Å². The highest BCUT2D eigenvalue weighted by Gasteiger charge is 2.36. The third-order valence-corrected chi connectivity index (χ3v) is 7.36. The highest BCUT2D eigenvalue weighted by Crippen LogP contribution is 2.13. The van der Waals surface area contributed by atoms with E-state index in [0.29, 0.717) is 13.1 Å². The zero-order valence-electron chi connectivity index (χ0n) is 27.7. The van der Waals surface area contributed by atoms with E-state index in [1.807, 2.05) is 0 Å². The van der Waals surface area contributed by atoms with Crippen LogP contribution in [0.5, 0.6) is 0 Å². The highest BCUT2D eigenvalue weighted by atomic mass is 16.4. The van der Waals surface area contributed by atoms with Gasteiger partial charge in [0.05, 0.1) is 12.8 Å². The Kier molecular flexibility index (Phi) is 16.1. The fraction of sp³-hybridized carbons (Fsp3) is 0.733. The molecule has 1 saturated heterocycles. The predicted molar refractivity (Wildman–Crippen MR) is 165 cm³/mol. The Labute approximate surface area is 269 Å². The molecule has 6 amide bonds. The minimum atomic E-state index is -1.73. The number of nitrogens with one attached hydrogen (secondary N) is 5. The zero-order valence-corrected chi connectivity index (χ0v) is 27.7. The molecule has 0 radical (unpaired) electrons. The van der Waals surface area contributed by atoms with E-state index >= 15 is 0 Å². The standard InChI is InChI=1S/C30H50N6O10/c1-15(2)12-21(30(45)46)34-27(42)20(14-23(39)40)32-26(41)19(13-22(38)36-10-8-9-11-36)33-28(43)25(17(5)6)35-29(44)24(16(3)4)31-18(7)37/h15-17,19-21,24-25H,8-14H2,1-7H3,(H,31,37)(H,32,41)(H,33,43)(H,34,42)(H,35,44)(H,39,40)(H,45,46)/t19-,20-,21-,24-,25-/m0/s1. The van der Waals surface area contributed by atoms with Gasteiger partial charge in [-0.3, -0.25) is 33.6 Å². The van der Waals surface area contributed by atoms with E-state index in [9.17, 15) is 48.6 Å². The summed E-state index contributed by atoms with van der Waals surface area (Å²) >= 11 is 0. The van der Waals surface area contributed by atoms with Gasteiger partial charge in [0, 0.05) is 20.0 Å². The Morgan fingerprint density at radius 3 is 1.48 bits per heavy atom. The number of rotatable bonds is 18. The van der Waals surface area contributed by atoms with E-state index in [2.05, 4.69) is 26.6 Å². The van der Waals surface area contributed by atoms with Gasteiger partial charge in [-0.15, -0.1) is 0 Å². The van der Waals surface area contributed by atoms with E-state index in [-0.39, 0.29) is 18.3 Å². The molecule has 0 aliphatic carbocycles. The molecule has 16 heteroatoms. The van der Waals surface area contributed by atoms with Crippen molar-refractivity contribution in [2.24, 2.45) is 17.8 Å². The SMILES string of the molecule is CC(=O)N[C@H](C(=O)N[C@H](C(=O)N[C@@H](CC(=O)N1CCCC1)C(=O)N[C@@H](CC(=O)O)C(=O)N[C@@H](CC(C)C)C(=O)O)C(C)C)C(C)C. The van der Waals surface area contributed by atoms with Crippen LogP contribution in [0.25, 0.3) is 0 Å². The first-order valence-corrected chi connectivity index (χ1v) is 15.5. The van der Waals surface area contributed by atoms with Crippen molar-refractivity contribution >= 4 is 47.4 Å². The van der Waals surface area contributed by atoms with Crippen LogP contribution in [0.4, 0.5) is 0 Å². The van der Waals surface area contributed by atoms with Gasteiger partial charge in [0.15, 0.2) is 0 Å². The van der Waals surface area contributed by atoms with E-state index in [1.165, 1.54) is 11.8 Å². The van der Waals surface area contributed by atoms with Crippen molar-refractivity contribution in [2.45, 2.75) is 111 Å². The molecule has 16 nitrogen and oxygen atoms in total. The van der Waals surface area contributed by atoms with Crippen LogP contribution in [0.15, 0.2) is 0 Å². The largest absolute Gasteiger partial charge is 0.481 e. The molecule has 1 heterocycles. The molecule has 260 valence electrons. The van der Waals surface area contributed by atoms with E-state index in [1.54, 1.807) is 41.5 Å². The molecule has 0 spiro atoms. The molecule has 7 N–H and O–H groups in total. The van der Waals surface area contributed by atoms with Crippen LogP contribution in [0.2, 0.25) is 0 Å². The molecule has 0 aromatic heterocycles. The van der Waals surface area contributed by atoms with E-state index in [4.69, 9.17) is 0 Å². The van der Waals surface area contributed by atoms with Crippen LogP contribution >= 0.6 is 0 Å². The van der Waals surface area contributed by atoms with Crippen LogP contribution in [-0.4, -0.2) is 106 Å². The molecule has 46 heavy (non-hydrogen) atoms. The molecule has 0 aromatic rings. The fourth-order valence-electron chi connectivity index (χ4n) is 4.89. The lowest BCUT2D eigenvalue weighted by Crippen LogP contribution is -2.61. The molecule has 1 aliphatic rings. The number of likely N-dealkylation sites (tertiary alicyclic amines) is 1. The summed E-state index contributed by atoms with van der Waals surface area (Å²) in [5.74, 6) is -8.27. The number of carbonyl (C=O) groups excluding carboxylic acids is 6. The third kappa shape index (κ3) is 13.4. The third-order valence-electron chi connectivity index (χ3n) is 7.36. The van der Waals surface area contributed by atoms with Crippen molar-refractivity contribution < 1.29 is 48.6 Å².